The van der Waals surface area contributed by atoms with Crippen LogP contribution in [0.15, 0.2) is 24.3 Å². The molecule has 0 aromatic heterocycles. The summed E-state index contributed by atoms with van der Waals surface area (Å²) in [6.07, 6.45) is 1.04. The SMILES string of the molecule is CN1CCN(CCCN2C(=O)CSC2c2ccc(Cl)cc2)CC1. The number of rotatable bonds is 5. The zero-order valence-electron chi connectivity index (χ0n) is 13.6. The van der Waals surface area contributed by atoms with E-state index in [1.165, 1.54) is 5.56 Å². The van der Waals surface area contributed by atoms with E-state index in [9.17, 15) is 4.79 Å². The summed E-state index contributed by atoms with van der Waals surface area (Å²) >= 11 is 7.68. The quantitative estimate of drug-likeness (QED) is 0.812. The fourth-order valence-electron chi connectivity index (χ4n) is 3.14. The van der Waals surface area contributed by atoms with Gasteiger partial charge in [-0.25, -0.2) is 0 Å². The average molecular weight is 354 g/mol. The van der Waals surface area contributed by atoms with Crippen LogP contribution < -0.4 is 0 Å². The summed E-state index contributed by atoms with van der Waals surface area (Å²) in [7, 11) is 2.17. The minimum atomic E-state index is 0.146. The number of likely N-dealkylation sites (N-methyl/N-ethyl adjacent to an activating group) is 1. The van der Waals surface area contributed by atoms with E-state index in [-0.39, 0.29) is 11.3 Å². The molecule has 0 N–H and O–H groups in total. The molecule has 0 aliphatic carbocycles. The molecule has 2 aliphatic rings. The van der Waals surface area contributed by atoms with Crippen LogP contribution in [0.2, 0.25) is 5.02 Å². The van der Waals surface area contributed by atoms with Gasteiger partial charge < -0.3 is 14.7 Å². The van der Waals surface area contributed by atoms with E-state index in [1.54, 1.807) is 11.8 Å². The molecule has 0 saturated carbocycles. The lowest BCUT2D eigenvalue weighted by atomic mass is 10.2. The summed E-state index contributed by atoms with van der Waals surface area (Å²) in [4.78, 5) is 19.1. The lowest BCUT2D eigenvalue weighted by molar-refractivity contribution is -0.128. The van der Waals surface area contributed by atoms with Crippen LogP contribution in [0.25, 0.3) is 0 Å². The van der Waals surface area contributed by atoms with Crippen molar-refractivity contribution in [2.75, 3.05) is 52.1 Å². The van der Waals surface area contributed by atoms with Crippen molar-refractivity contribution in [3.8, 4) is 0 Å². The van der Waals surface area contributed by atoms with E-state index in [0.29, 0.717) is 5.75 Å². The third kappa shape index (κ3) is 4.41. The van der Waals surface area contributed by atoms with Crippen LogP contribution in [0, 0.1) is 0 Å². The maximum atomic E-state index is 12.2. The van der Waals surface area contributed by atoms with Gasteiger partial charge in [-0.05, 0) is 37.7 Å². The summed E-state index contributed by atoms with van der Waals surface area (Å²) in [5.41, 5.74) is 1.17. The van der Waals surface area contributed by atoms with Gasteiger partial charge in [-0.3, -0.25) is 4.79 Å². The highest BCUT2D eigenvalue weighted by molar-refractivity contribution is 8.00. The van der Waals surface area contributed by atoms with Crippen molar-refractivity contribution < 1.29 is 4.79 Å². The van der Waals surface area contributed by atoms with Gasteiger partial charge in [0.15, 0.2) is 0 Å². The van der Waals surface area contributed by atoms with Crippen molar-refractivity contribution in [3.63, 3.8) is 0 Å². The molecule has 2 fully saturated rings. The van der Waals surface area contributed by atoms with Crippen LogP contribution in [-0.4, -0.2) is 72.7 Å². The van der Waals surface area contributed by atoms with Crippen molar-refractivity contribution >= 4 is 29.3 Å². The number of thioether (sulfide) groups is 1. The van der Waals surface area contributed by atoms with Crippen molar-refractivity contribution in [1.82, 2.24) is 14.7 Å². The Morgan fingerprint density at radius 1 is 1.13 bits per heavy atom. The third-order valence-corrected chi connectivity index (χ3v) is 6.10. The second-order valence-corrected chi connectivity index (χ2v) is 7.81. The molecule has 1 amide bonds. The van der Waals surface area contributed by atoms with E-state index in [4.69, 9.17) is 11.6 Å². The Morgan fingerprint density at radius 2 is 1.83 bits per heavy atom. The highest BCUT2D eigenvalue weighted by Crippen LogP contribution is 2.38. The number of carbonyl (C=O) groups excluding carboxylic acids is 1. The molecule has 3 rings (SSSR count). The molecule has 6 heteroatoms. The normalized spacial score (nSPS) is 23.7. The summed E-state index contributed by atoms with van der Waals surface area (Å²) in [5, 5.41) is 0.886. The van der Waals surface area contributed by atoms with Crippen LogP contribution in [0.5, 0.6) is 0 Å². The molecule has 2 aliphatic heterocycles. The topological polar surface area (TPSA) is 26.8 Å². The molecular formula is C17H24ClN3OS. The second-order valence-electron chi connectivity index (χ2n) is 6.30. The van der Waals surface area contributed by atoms with Gasteiger partial charge in [0.05, 0.1) is 5.75 Å². The molecule has 2 heterocycles. The van der Waals surface area contributed by atoms with E-state index in [2.05, 4.69) is 16.8 Å². The number of halogens is 1. The Kier molecular flexibility index (Phi) is 5.85. The first-order valence-corrected chi connectivity index (χ1v) is 9.63. The number of benzene rings is 1. The van der Waals surface area contributed by atoms with Crippen LogP contribution in [0.3, 0.4) is 0 Å². The van der Waals surface area contributed by atoms with Crippen molar-refractivity contribution in [2.45, 2.75) is 11.8 Å². The van der Waals surface area contributed by atoms with Gasteiger partial charge in [0.25, 0.3) is 0 Å². The van der Waals surface area contributed by atoms with E-state index < -0.39 is 0 Å². The van der Waals surface area contributed by atoms with Crippen molar-refractivity contribution in [2.24, 2.45) is 0 Å². The zero-order chi connectivity index (χ0) is 16.2. The van der Waals surface area contributed by atoms with Gasteiger partial charge in [-0.2, -0.15) is 0 Å². The van der Waals surface area contributed by atoms with Crippen LogP contribution >= 0.6 is 23.4 Å². The Labute approximate surface area is 147 Å². The number of hydrogen-bond donors (Lipinski definition) is 0. The first-order valence-electron chi connectivity index (χ1n) is 8.21. The highest BCUT2D eigenvalue weighted by atomic mass is 35.5. The summed E-state index contributed by atoms with van der Waals surface area (Å²) in [6, 6.07) is 7.88. The Bertz CT molecular complexity index is 531. The maximum absolute atomic E-state index is 12.2. The number of nitrogens with zero attached hydrogens (tertiary/aromatic N) is 3. The first-order chi connectivity index (χ1) is 11.1. The molecule has 2 saturated heterocycles. The average Bonchev–Trinajstić information content (AvgIpc) is 2.91. The molecule has 1 unspecified atom stereocenters. The molecule has 1 atom stereocenters. The van der Waals surface area contributed by atoms with E-state index >= 15 is 0 Å². The monoisotopic (exact) mass is 353 g/mol. The lowest BCUT2D eigenvalue weighted by Gasteiger charge is -2.33. The molecule has 126 valence electrons. The van der Waals surface area contributed by atoms with Gasteiger partial charge >= 0.3 is 0 Å². The van der Waals surface area contributed by atoms with Gasteiger partial charge in [-0.15, -0.1) is 11.8 Å². The Balaban J connectivity index is 1.52. The van der Waals surface area contributed by atoms with Gasteiger partial charge in [0.2, 0.25) is 5.91 Å². The molecule has 0 radical (unpaired) electrons. The maximum Gasteiger partial charge on any atom is 0.233 e. The van der Waals surface area contributed by atoms with Crippen molar-refractivity contribution in [1.29, 1.82) is 0 Å². The van der Waals surface area contributed by atoms with Gasteiger partial charge in [0, 0.05) is 37.7 Å². The largest absolute Gasteiger partial charge is 0.326 e. The molecular weight excluding hydrogens is 330 g/mol. The fraction of sp³-hybridized carbons (Fsp3) is 0.588. The molecule has 0 spiro atoms. The van der Waals surface area contributed by atoms with Crippen LogP contribution in [0.4, 0.5) is 0 Å². The molecule has 23 heavy (non-hydrogen) atoms. The summed E-state index contributed by atoms with van der Waals surface area (Å²) in [5.74, 6) is 0.843. The first kappa shape index (κ1) is 17.1. The summed E-state index contributed by atoms with van der Waals surface area (Å²) < 4.78 is 0. The minimum absolute atomic E-state index is 0.146. The molecule has 0 bridgehead atoms. The zero-order valence-corrected chi connectivity index (χ0v) is 15.2. The Morgan fingerprint density at radius 3 is 2.52 bits per heavy atom. The number of piperazine rings is 1. The number of amides is 1. The minimum Gasteiger partial charge on any atom is -0.326 e. The van der Waals surface area contributed by atoms with Crippen molar-refractivity contribution in [3.05, 3.63) is 34.9 Å². The van der Waals surface area contributed by atoms with E-state index in [1.807, 2.05) is 29.2 Å². The van der Waals surface area contributed by atoms with Crippen LogP contribution in [-0.2, 0) is 4.79 Å². The number of hydrogen-bond acceptors (Lipinski definition) is 4. The molecule has 4 nitrogen and oxygen atoms in total. The fourth-order valence-corrected chi connectivity index (χ4v) is 4.48. The smallest absolute Gasteiger partial charge is 0.233 e. The third-order valence-electron chi connectivity index (χ3n) is 4.59. The standard InChI is InChI=1S/C17H24ClN3OS/c1-19-9-11-20(12-10-19)7-2-8-21-16(22)13-23-17(21)14-3-5-15(18)6-4-14/h3-6,17H,2,7-13H2,1H3. The number of carbonyl (C=O) groups is 1. The summed E-state index contributed by atoms with van der Waals surface area (Å²) in [6.45, 7) is 6.48. The predicted molar refractivity (Wildman–Crippen MR) is 96.9 cm³/mol. The Hall–Kier alpha value is -0.750. The lowest BCUT2D eigenvalue weighted by Crippen LogP contribution is -2.45. The highest BCUT2D eigenvalue weighted by Gasteiger charge is 2.32. The van der Waals surface area contributed by atoms with Crippen LogP contribution in [0.1, 0.15) is 17.4 Å². The predicted octanol–water partition coefficient (Wildman–Crippen LogP) is 2.55. The molecule has 1 aromatic rings. The van der Waals surface area contributed by atoms with Gasteiger partial charge in [0.1, 0.15) is 5.37 Å². The van der Waals surface area contributed by atoms with Gasteiger partial charge in [-0.1, -0.05) is 23.7 Å². The molecule has 1 aromatic carbocycles. The van der Waals surface area contributed by atoms with E-state index in [0.717, 1.165) is 50.7 Å². The second kappa shape index (κ2) is 7.88.